The molecular formula is C15H19BO3. The molecule has 0 amide bonds. The normalized spacial score (nSPS) is 21.2. The van der Waals surface area contributed by atoms with Gasteiger partial charge in [-0.25, -0.2) is 0 Å². The molecule has 0 saturated carbocycles. The summed E-state index contributed by atoms with van der Waals surface area (Å²) in [6.45, 7) is 10.2. The van der Waals surface area contributed by atoms with Gasteiger partial charge < -0.3 is 13.7 Å². The van der Waals surface area contributed by atoms with Gasteiger partial charge in [-0.3, -0.25) is 0 Å². The summed E-state index contributed by atoms with van der Waals surface area (Å²) in [5.41, 5.74) is 2.09. The summed E-state index contributed by atoms with van der Waals surface area (Å²) in [5.74, 6) is 0. The SMILES string of the molecule is Cc1cccc2cc(B3OC(C)(C)C(C)(C)O3)oc12. The number of aryl methyl sites for hydroxylation is 1. The zero-order valence-electron chi connectivity index (χ0n) is 12.1. The Labute approximate surface area is 114 Å². The molecule has 1 aromatic heterocycles. The molecule has 3 rings (SSSR count). The van der Waals surface area contributed by atoms with Gasteiger partial charge in [0, 0.05) is 5.39 Å². The molecule has 4 heteroatoms. The molecule has 2 heterocycles. The predicted octanol–water partition coefficient (Wildman–Crippen LogP) is 3.04. The van der Waals surface area contributed by atoms with Gasteiger partial charge in [0.1, 0.15) is 11.2 Å². The second-order valence-electron chi connectivity index (χ2n) is 6.23. The summed E-state index contributed by atoms with van der Waals surface area (Å²) in [6.07, 6.45) is 0. The average Bonchev–Trinajstić information content (AvgIpc) is 2.80. The first-order valence-electron chi connectivity index (χ1n) is 6.65. The summed E-state index contributed by atoms with van der Waals surface area (Å²) >= 11 is 0. The second-order valence-corrected chi connectivity index (χ2v) is 6.23. The molecular weight excluding hydrogens is 239 g/mol. The van der Waals surface area contributed by atoms with Crippen molar-refractivity contribution in [2.75, 3.05) is 0 Å². The third-order valence-corrected chi connectivity index (χ3v) is 4.25. The number of fused-ring (bicyclic) bond motifs is 1. The summed E-state index contributed by atoms with van der Waals surface area (Å²) in [6, 6.07) is 8.12. The molecule has 100 valence electrons. The van der Waals surface area contributed by atoms with Gasteiger partial charge in [0.15, 0.2) is 0 Å². The maximum atomic E-state index is 6.00. The van der Waals surface area contributed by atoms with Crippen LogP contribution in [-0.4, -0.2) is 18.3 Å². The first kappa shape index (κ1) is 12.8. The minimum Gasteiger partial charge on any atom is -0.464 e. The average molecular weight is 258 g/mol. The van der Waals surface area contributed by atoms with E-state index in [1.807, 2.05) is 58.9 Å². The van der Waals surface area contributed by atoms with Gasteiger partial charge >= 0.3 is 7.12 Å². The van der Waals surface area contributed by atoms with Crippen LogP contribution in [0.1, 0.15) is 33.3 Å². The third-order valence-electron chi connectivity index (χ3n) is 4.25. The smallest absolute Gasteiger partial charge is 0.464 e. The lowest BCUT2D eigenvalue weighted by Gasteiger charge is -2.32. The van der Waals surface area contributed by atoms with Crippen molar-refractivity contribution in [1.29, 1.82) is 0 Å². The van der Waals surface area contributed by atoms with Crippen molar-refractivity contribution >= 4 is 23.7 Å². The zero-order valence-corrected chi connectivity index (χ0v) is 12.1. The van der Waals surface area contributed by atoms with E-state index in [9.17, 15) is 0 Å². The molecule has 2 aromatic rings. The molecule has 0 aliphatic carbocycles. The van der Waals surface area contributed by atoms with E-state index in [1.54, 1.807) is 0 Å². The highest BCUT2D eigenvalue weighted by Gasteiger charge is 2.53. The molecule has 1 aliphatic rings. The van der Waals surface area contributed by atoms with Gasteiger partial charge in [-0.2, -0.15) is 0 Å². The van der Waals surface area contributed by atoms with Crippen molar-refractivity contribution in [3.63, 3.8) is 0 Å². The van der Waals surface area contributed by atoms with Crippen molar-refractivity contribution in [3.05, 3.63) is 29.8 Å². The van der Waals surface area contributed by atoms with E-state index < -0.39 is 7.12 Å². The molecule has 0 N–H and O–H groups in total. The maximum absolute atomic E-state index is 6.00. The van der Waals surface area contributed by atoms with Crippen LogP contribution in [0.2, 0.25) is 0 Å². The van der Waals surface area contributed by atoms with Crippen LogP contribution < -0.4 is 5.66 Å². The van der Waals surface area contributed by atoms with E-state index in [4.69, 9.17) is 13.7 Å². The molecule has 0 bridgehead atoms. The molecule has 1 aromatic carbocycles. The Morgan fingerprint density at radius 3 is 2.21 bits per heavy atom. The Balaban J connectivity index is 2.01. The highest BCUT2D eigenvalue weighted by Crippen LogP contribution is 2.36. The molecule has 0 radical (unpaired) electrons. The number of rotatable bonds is 1. The Kier molecular flexibility index (Phi) is 2.60. The first-order chi connectivity index (χ1) is 8.80. The fraction of sp³-hybridized carbons (Fsp3) is 0.467. The molecule has 1 saturated heterocycles. The largest absolute Gasteiger partial charge is 0.532 e. The van der Waals surface area contributed by atoms with Gasteiger partial charge in [-0.1, -0.05) is 18.2 Å². The van der Waals surface area contributed by atoms with E-state index >= 15 is 0 Å². The van der Waals surface area contributed by atoms with Crippen LogP contribution in [0, 0.1) is 6.92 Å². The number of benzene rings is 1. The van der Waals surface area contributed by atoms with Crippen LogP contribution in [0.15, 0.2) is 28.7 Å². The van der Waals surface area contributed by atoms with Crippen molar-refractivity contribution < 1.29 is 13.7 Å². The van der Waals surface area contributed by atoms with Gasteiger partial charge in [0.25, 0.3) is 0 Å². The maximum Gasteiger partial charge on any atom is 0.532 e. The number of hydrogen-bond donors (Lipinski definition) is 0. The number of para-hydroxylation sites is 1. The quantitative estimate of drug-likeness (QED) is 0.737. The minimum absolute atomic E-state index is 0.342. The lowest BCUT2D eigenvalue weighted by molar-refractivity contribution is 0.00578. The molecule has 0 atom stereocenters. The summed E-state index contributed by atoms with van der Waals surface area (Å²) < 4.78 is 17.9. The molecule has 0 unspecified atom stereocenters. The fourth-order valence-corrected chi connectivity index (χ4v) is 2.30. The highest BCUT2D eigenvalue weighted by atomic mass is 16.7. The standard InChI is InChI=1S/C15H19BO3/c1-10-7-6-8-11-9-12(17-13(10)11)16-18-14(2,3)15(4,5)19-16/h6-9H,1-5H3. The first-order valence-corrected chi connectivity index (χ1v) is 6.65. The van der Waals surface area contributed by atoms with Crippen molar-refractivity contribution in [3.8, 4) is 0 Å². The Morgan fingerprint density at radius 1 is 1.00 bits per heavy atom. The van der Waals surface area contributed by atoms with E-state index in [-0.39, 0.29) is 11.2 Å². The monoisotopic (exact) mass is 258 g/mol. The van der Waals surface area contributed by atoms with Gasteiger partial charge in [-0.15, -0.1) is 0 Å². The van der Waals surface area contributed by atoms with Gasteiger partial charge in [0.2, 0.25) is 0 Å². The zero-order chi connectivity index (χ0) is 13.8. The molecule has 0 spiro atoms. The van der Waals surface area contributed by atoms with Gasteiger partial charge in [0.05, 0.1) is 11.2 Å². The van der Waals surface area contributed by atoms with Crippen LogP contribution in [0.5, 0.6) is 0 Å². The van der Waals surface area contributed by atoms with Crippen LogP contribution in [0.25, 0.3) is 11.0 Å². The number of furan rings is 1. The third kappa shape index (κ3) is 1.90. The van der Waals surface area contributed by atoms with Gasteiger partial charge in [-0.05, 0) is 46.2 Å². The Bertz CT molecular complexity index is 611. The number of hydrogen-bond acceptors (Lipinski definition) is 3. The molecule has 3 nitrogen and oxygen atoms in total. The lowest BCUT2D eigenvalue weighted by atomic mass is 9.86. The fourth-order valence-electron chi connectivity index (χ4n) is 2.30. The van der Waals surface area contributed by atoms with Crippen molar-refractivity contribution in [2.24, 2.45) is 0 Å². The molecule has 1 aliphatic heterocycles. The van der Waals surface area contributed by atoms with E-state index in [1.165, 1.54) is 0 Å². The summed E-state index contributed by atoms with van der Waals surface area (Å²) in [4.78, 5) is 0. The Hall–Kier alpha value is -1.26. The summed E-state index contributed by atoms with van der Waals surface area (Å²) in [5, 5.41) is 1.09. The second kappa shape index (κ2) is 3.87. The lowest BCUT2D eigenvalue weighted by Crippen LogP contribution is -2.41. The van der Waals surface area contributed by atoms with Crippen LogP contribution >= 0.6 is 0 Å². The van der Waals surface area contributed by atoms with E-state index in [0.717, 1.165) is 22.2 Å². The van der Waals surface area contributed by atoms with E-state index in [0.29, 0.717) is 0 Å². The van der Waals surface area contributed by atoms with Crippen LogP contribution in [-0.2, 0) is 9.31 Å². The summed E-state index contributed by atoms with van der Waals surface area (Å²) in [7, 11) is -0.434. The molecule has 19 heavy (non-hydrogen) atoms. The predicted molar refractivity (Wildman–Crippen MR) is 76.7 cm³/mol. The highest BCUT2D eigenvalue weighted by molar-refractivity contribution is 6.61. The van der Waals surface area contributed by atoms with Crippen LogP contribution in [0.3, 0.4) is 0 Å². The van der Waals surface area contributed by atoms with E-state index in [2.05, 4.69) is 0 Å². The van der Waals surface area contributed by atoms with Crippen molar-refractivity contribution in [2.45, 2.75) is 45.8 Å². The van der Waals surface area contributed by atoms with Crippen LogP contribution in [0.4, 0.5) is 0 Å². The van der Waals surface area contributed by atoms with Crippen molar-refractivity contribution in [1.82, 2.24) is 0 Å². The molecule has 1 fully saturated rings. The Morgan fingerprint density at radius 2 is 1.63 bits per heavy atom. The topological polar surface area (TPSA) is 31.6 Å². The minimum atomic E-state index is -0.434.